The fraction of sp³-hybridized carbons (Fsp3) is 0.931. The van der Waals surface area contributed by atoms with E-state index in [0.29, 0.717) is 21.7 Å². The van der Waals surface area contributed by atoms with Gasteiger partial charge in [-0.3, -0.25) is 0 Å². The molecule has 0 aromatic heterocycles. The minimum Gasteiger partial charge on any atom is -0.393 e. The molecule has 0 aromatic carbocycles. The van der Waals surface area contributed by atoms with Gasteiger partial charge in [0.15, 0.2) is 0 Å². The molecule has 0 aromatic rings. The number of allylic oxidation sites excluding steroid dienone is 1. The maximum atomic E-state index is 10.3. The van der Waals surface area contributed by atoms with E-state index in [1.165, 1.54) is 57.8 Å². The van der Waals surface area contributed by atoms with Crippen LogP contribution in [0.2, 0.25) is 0 Å². The third-order valence-electron chi connectivity index (χ3n) is 11.8. The number of hydrogen-bond acceptors (Lipinski definition) is 1. The molecule has 0 radical (unpaired) electrons. The van der Waals surface area contributed by atoms with E-state index in [1.807, 2.05) is 0 Å². The van der Waals surface area contributed by atoms with Gasteiger partial charge in [0.05, 0.1) is 6.10 Å². The molecule has 0 bridgehead atoms. The molecule has 30 heavy (non-hydrogen) atoms. The summed E-state index contributed by atoms with van der Waals surface area (Å²) < 4.78 is 0. The highest BCUT2D eigenvalue weighted by molar-refractivity contribution is 5.28. The highest BCUT2D eigenvalue weighted by Gasteiger charge is 2.67. The van der Waals surface area contributed by atoms with Crippen molar-refractivity contribution in [1.82, 2.24) is 0 Å². The van der Waals surface area contributed by atoms with Crippen molar-refractivity contribution < 1.29 is 5.11 Å². The van der Waals surface area contributed by atoms with E-state index < -0.39 is 0 Å². The van der Waals surface area contributed by atoms with Gasteiger partial charge in [0.25, 0.3) is 0 Å². The minimum atomic E-state index is -0.0935. The Bertz CT molecular complexity index is 678. The zero-order chi connectivity index (χ0) is 21.9. The van der Waals surface area contributed by atoms with Crippen LogP contribution in [0.1, 0.15) is 119 Å². The van der Waals surface area contributed by atoms with Gasteiger partial charge in [-0.2, -0.15) is 0 Å². The minimum absolute atomic E-state index is 0.0935. The second-order valence-electron chi connectivity index (χ2n) is 13.5. The summed E-state index contributed by atoms with van der Waals surface area (Å²) in [4.78, 5) is 0. The van der Waals surface area contributed by atoms with Gasteiger partial charge in [0, 0.05) is 0 Å². The smallest absolute Gasteiger partial charge is 0.0577 e. The number of aliphatic hydroxyl groups is 1. The molecule has 1 N–H and O–H groups in total. The van der Waals surface area contributed by atoms with E-state index in [4.69, 9.17) is 0 Å². The van der Waals surface area contributed by atoms with Crippen LogP contribution in [-0.2, 0) is 0 Å². The van der Waals surface area contributed by atoms with E-state index in [0.717, 1.165) is 36.5 Å². The van der Waals surface area contributed by atoms with Gasteiger partial charge in [-0.15, -0.1) is 0 Å². The lowest BCUT2D eigenvalue weighted by Crippen LogP contribution is -2.57. The summed E-state index contributed by atoms with van der Waals surface area (Å²) >= 11 is 0. The van der Waals surface area contributed by atoms with E-state index in [2.05, 4.69) is 54.5 Å². The third kappa shape index (κ3) is 3.19. The Hall–Kier alpha value is -0.300. The average Bonchev–Trinajstić information content (AvgIpc) is 2.95. The molecule has 1 nitrogen and oxygen atoms in total. The normalized spacial score (nSPS) is 49.2. The van der Waals surface area contributed by atoms with Crippen molar-refractivity contribution in [3.63, 3.8) is 0 Å². The second kappa shape index (κ2) is 7.64. The van der Waals surface area contributed by atoms with Gasteiger partial charge in [-0.1, -0.05) is 79.4 Å². The average molecular weight is 415 g/mol. The van der Waals surface area contributed by atoms with Crippen LogP contribution < -0.4 is 0 Å². The molecule has 0 heterocycles. The Kier molecular flexibility index (Phi) is 5.82. The zero-order valence-electron chi connectivity index (χ0n) is 21.2. The topological polar surface area (TPSA) is 20.2 Å². The van der Waals surface area contributed by atoms with Crippen LogP contribution in [0.5, 0.6) is 0 Å². The first-order valence-corrected chi connectivity index (χ1v) is 13.3. The van der Waals surface area contributed by atoms with Crippen LogP contribution in [0, 0.1) is 45.3 Å². The summed E-state index contributed by atoms with van der Waals surface area (Å²) in [6.45, 7) is 18.0. The molecule has 3 saturated carbocycles. The van der Waals surface area contributed by atoms with Gasteiger partial charge < -0.3 is 5.11 Å². The first kappa shape index (κ1) is 22.9. The number of fused-ring (bicyclic) bond motifs is 5. The van der Waals surface area contributed by atoms with Crippen molar-refractivity contribution in [1.29, 1.82) is 0 Å². The first-order valence-electron chi connectivity index (χ1n) is 13.3. The van der Waals surface area contributed by atoms with Crippen LogP contribution >= 0.6 is 0 Å². The Morgan fingerprint density at radius 3 is 2.33 bits per heavy atom. The molecule has 0 saturated heterocycles. The van der Waals surface area contributed by atoms with Crippen molar-refractivity contribution in [2.24, 2.45) is 45.3 Å². The summed E-state index contributed by atoms with van der Waals surface area (Å²) in [7, 11) is 0. The van der Waals surface area contributed by atoms with Gasteiger partial charge in [-0.25, -0.2) is 0 Å². The molecule has 4 aliphatic rings. The molecule has 172 valence electrons. The SMILES string of the molecule is CC(C)CCC[C@@H](C)[C@@]1(C)CC[C@H]2[C@]3(C)CC=C4C[C@@H](O)CC[C@]4(C)[C@H]3CC[C@@]21C. The quantitative estimate of drug-likeness (QED) is 0.450. The van der Waals surface area contributed by atoms with Crippen molar-refractivity contribution in [2.45, 2.75) is 125 Å². The fourth-order valence-corrected chi connectivity index (χ4v) is 9.55. The van der Waals surface area contributed by atoms with Crippen LogP contribution in [0.3, 0.4) is 0 Å². The van der Waals surface area contributed by atoms with Crippen LogP contribution in [0.4, 0.5) is 0 Å². The summed E-state index contributed by atoms with van der Waals surface area (Å²) in [6, 6.07) is 0. The predicted octanol–water partition coefficient (Wildman–Crippen LogP) is 8.17. The van der Waals surface area contributed by atoms with Crippen LogP contribution in [0.15, 0.2) is 11.6 Å². The lowest BCUT2D eigenvalue weighted by molar-refractivity contribution is -0.136. The third-order valence-corrected chi connectivity index (χ3v) is 11.8. The summed E-state index contributed by atoms with van der Waals surface area (Å²) in [5.41, 5.74) is 3.38. The van der Waals surface area contributed by atoms with Crippen molar-refractivity contribution in [2.75, 3.05) is 0 Å². The van der Waals surface area contributed by atoms with Crippen molar-refractivity contribution in [3.05, 3.63) is 11.6 Å². The number of hydrogen-bond donors (Lipinski definition) is 1. The molecular formula is C29H50O. The molecule has 0 amide bonds. The highest BCUT2D eigenvalue weighted by atomic mass is 16.3. The largest absolute Gasteiger partial charge is 0.393 e. The molecule has 0 unspecified atom stereocenters. The molecule has 1 heteroatoms. The summed E-state index contributed by atoms with van der Waals surface area (Å²) in [5.74, 6) is 3.35. The lowest BCUT2D eigenvalue weighted by atomic mass is 9.40. The molecule has 0 aliphatic heterocycles. The van der Waals surface area contributed by atoms with Gasteiger partial charge in [0.1, 0.15) is 0 Å². The number of aliphatic hydroxyl groups excluding tert-OH is 1. The predicted molar refractivity (Wildman–Crippen MR) is 128 cm³/mol. The Labute approximate surface area is 187 Å². The zero-order valence-corrected chi connectivity index (χ0v) is 21.2. The maximum Gasteiger partial charge on any atom is 0.0577 e. The van der Waals surface area contributed by atoms with Gasteiger partial charge in [0.2, 0.25) is 0 Å². The molecule has 4 aliphatic carbocycles. The lowest BCUT2D eigenvalue weighted by Gasteiger charge is -2.65. The monoisotopic (exact) mass is 414 g/mol. The summed E-state index contributed by atoms with van der Waals surface area (Å²) in [5, 5.41) is 10.3. The molecule has 4 rings (SSSR count). The maximum absolute atomic E-state index is 10.3. The number of rotatable bonds is 5. The van der Waals surface area contributed by atoms with Gasteiger partial charge in [-0.05, 0) is 96.7 Å². The Morgan fingerprint density at radius 2 is 1.63 bits per heavy atom. The van der Waals surface area contributed by atoms with E-state index in [9.17, 15) is 5.11 Å². The molecule has 8 atom stereocenters. The van der Waals surface area contributed by atoms with Crippen molar-refractivity contribution in [3.8, 4) is 0 Å². The molecular weight excluding hydrogens is 364 g/mol. The van der Waals surface area contributed by atoms with E-state index in [-0.39, 0.29) is 6.10 Å². The fourth-order valence-electron chi connectivity index (χ4n) is 9.55. The van der Waals surface area contributed by atoms with Crippen LogP contribution in [-0.4, -0.2) is 11.2 Å². The highest BCUT2D eigenvalue weighted by Crippen LogP contribution is 2.75. The molecule has 3 fully saturated rings. The first-order chi connectivity index (χ1) is 14.0. The Morgan fingerprint density at radius 1 is 0.933 bits per heavy atom. The standard InChI is InChI=1S/C29H50O/c1-20(2)9-8-10-21(3)28(6)17-14-25-27(5)15-11-22-19-23(30)12-16-26(22,4)24(27)13-18-29(25,28)7/h11,20-21,23-25,30H,8-10,12-19H2,1-7H3/t21-,23+,24-,25+,26+,27-,28-,29+/m1/s1. The van der Waals surface area contributed by atoms with Crippen molar-refractivity contribution >= 4 is 0 Å². The second-order valence-corrected chi connectivity index (χ2v) is 13.5. The molecule has 0 spiro atoms. The van der Waals surface area contributed by atoms with Crippen LogP contribution in [0.25, 0.3) is 0 Å². The Balaban J connectivity index is 1.60. The summed E-state index contributed by atoms with van der Waals surface area (Å²) in [6.07, 6.45) is 16.8. The van der Waals surface area contributed by atoms with E-state index >= 15 is 0 Å². The van der Waals surface area contributed by atoms with E-state index in [1.54, 1.807) is 5.57 Å². The van der Waals surface area contributed by atoms with Gasteiger partial charge >= 0.3 is 0 Å².